The molecule has 0 aliphatic heterocycles. The number of benzene rings is 1. The number of nitrogens with zero attached hydrogens (tertiary/aromatic N) is 1. The highest BCUT2D eigenvalue weighted by atomic mass is 35.5. The molecule has 0 saturated heterocycles. The first-order valence-corrected chi connectivity index (χ1v) is 7.28. The van der Waals surface area contributed by atoms with E-state index < -0.39 is 0 Å². The van der Waals surface area contributed by atoms with Crippen LogP contribution in [0.4, 0.5) is 0 Å². The number of hydrogen-bond acceptors (Lipinski definition) is 4. The van der Waals surface area contributed by atoms with Crippen LogP contribution in [-0.4, -0.2) is 18.0 Å². The monoisotopic (exact) mass is 310 g/mol. The van der Waals surface area contributed by atoms with Gasteiger partial charge >= 0.3 is 0 Å². The summed E-state index contributed by atoms with van der Waals surface area (Å²) in [4.78, 5) is 17.1. The van der Waals surface area contributed by atoms with Gasteiger partial charge in [-0.05, 0) is 18.6 Å². The number of aromatic nitrogens is 1. The molecule has 106 valence electrons. The second-order valence-corrected chi connectivity index (χ2v) is 5.72. The third-order valence-electron chi connectivity index (χ3n) is 2.71. The molecule has 2 aromatic rings. The molecule has 6 heteroatoms. The van der Waals surface area contributed by atoms with Gasteiger partial charge in [0.05, 0.1) is 12.3 Å². The minimum absolute atomic E-state index is 0.137. The molecule has 1 N–H and O–H groups in total. The number of hydrogen-bond donors (Lipinski definition) is 1. The lowest BCUT2D eigenvalue weighted by Gasteiger charge is -2.05. The minimum Gasteiger partial charge on any atom is -0.378 e. The molecule has 0 bridgehead atoms. The van der Waals surface area contributed by atoms with Crippen molar-refractivity contribution in [3.05, 3.63) is 50.4 Å². The summed E-state index contributed by atoms with van der Waals surface area (Å²) in [6.07, 6.45) is 0. The van der Waals surface area contributed by atoms with E-state index in [2.05, 4.69) is 10.3 Å². The van der Waals surface area contributed by atoms with Crippen molar-refractivity contribution in [3.63, 3.8) is 0 Å². The maximum absolute atomic E-state index is 12.1. The van der Waals surface area contributed by atoms with E-state index in [1.807, 2.05) is 25.1 Å². The highest BCUT2D eigenvalue weighted by Crippen LogP contribution is 2.19. The van der Waals surface area contributed by atoms with Crippen molar-refractivity contribution in [2.75, 3.05) is 7.11 Å². The number of halogens is 1. The number of nitrogens with one attached hydrogen (secondary N) is 1. The Morgan fingerprint density at radius 3 is 2.90 bits per heavy atom. The number of rotatable bonds is 5. The lowest BCUT2D eigenvalue weighted by atomic mass is 10.2. The van der Waals surface area contributed by atoms with Crippen molar-refractivity contribution >= 4 is 28.8 Å². The SMILES string of the molecule is COCc1nc(C)c(C(=O)NCc2ccccc2Cl)s1. The summed E-state index contributed by atoms with van der Waals surface area (Å²) in [7, 11) is 1.61. The molecule has 0 aliphatic rings. The van der Waals surface area contributed by atoms with E-state index >= 15 is 0 Å². The largest absolute Gasteiger partial charge is 0.378 e. The van der Waals surface area contributed by atoms with Gasteiger partial charge in [0.2, 0.25) is 0 Å². The molecule has 0 unspecified atom stereocenters. The molecule has 1 amide bonds. The summed E-state index contributed by atoms with van der Waals surface area (Å²) in [6.45, 7) is 2.64. The fourth-order valence-electron chi connectivity index (χ4n) is 1.75. The van der Waals surface area contributed by atoms with Crippen LogP contribution in [0.25, 0.3) is 0 Å². The van der Waals surface area contributed by atoms with Gasteiger partial charge in [-0.15, -0.1) is 11.3 Å². The minimum atomic E-state index is -0.137. The molecular weight excluding hydrogens is 296 g/mol. The lowest BCUT2D eigenvalue weighted by Crippen LogP contribution is -2.22. The highest BCUT2D eigenvalue weighted by Gasteiger charge is 2.15. The van der Waals surface area contributed by atoms with Crippen LogP contribution < -0.4 is 5.32 Å². The third-order valence-corrected chi connectivity index (χ3v) is 4.21. The van der Waals surface area contributed by atoms with E-state index in [9.17, 15) is 4.79 Å². The van der Waals surface area contributed by atoms with Gasteiger partial charge < -0.3 is 10.1 Å². The Morgan fingerprint density at radius 1 is 1.45 bits per heavy atom. The number of ether oxygens (including phenoxy) is 1. The standard InChI is InChI=1S/C14H15ClN2O2S/c1-9-13(20-12(17-9)8-19-2)14(18)16-7-10-5-3-4-6-11(10)15/h3-6H,7-8H2,1-2H3,(H,16,18). The molecule has 20 heavy (non-hydrogen) atoms. The number of carbonyl (C=O) groups excluding carboxylic acids is 1. The van der Waals surface area contributed by atoms with Crippen LogP contribution in [0.3, 0.4) is 0 Å². The molecule has 0 radical (unpaired) electrons. The van der Waals surface area contributed by atoms with Gasteiger partial charge in [0.15, 0.2) is 0 Å². The van der Waals surface area contributed by atoms with Gasteiger partial charge in [-0.3, -0.25) is 4.79 Å². The number of aryl methyl sites for hydroxylation is 1. The highest BCUT2D eigenvalue weighted by molar-refractivity contribution is 7.13. The topological polar surface area (TPSA) is 51.2 Å². The van der Waals surface area contributed by atoms with Crippen molar-refractivity contribution in [1.29, 1.82) is 0 Å². The van der Waals surface area contributed by atoms with Gasteiger partial charge in [0.25, 0.3) is 5.91 Å². The predicted molar refractivity (Wildman–Crippen MR) is 80.2 cm³/mol. The maximum Gasteiger partial charge on any atom is 0.263 e. The molecule has 0 aliphatic carbocycles. The average Bonchev–Trinajstić information content (AvgIpc) is 2.79. The number of methoxy groups -OCH3 is 1. The van der Waals surface area contributed by atoms with Crippen LogP contribution in [-0.2, 0) is 17.9 Å². The molecule has 1 aromatic heterocycles. The first-order chi connectivity index (χ1) is 9.61. The van der Waals surface area contributed by atoms with E-state index in [-0.39, 0.29) is 5.91 Å². The van der Waals surface area contributed by atoms with Crippen molar-refractivity contribution in [2.45, 2.75) is 20.1 Å². The van der Waals surface area contributed by atoms with E-state index in [0.717, 1.165) is 16.3 Å². The fraction of sp³-hybridized carbons (Fsp3) is 0.286. The van der Waals surface area contributed by atoms with Crippen molar-refractivity contribution in [1.82, 2.24) is 10.3 Å². The fourth-order valence-corrected chi connectivity index (χ4v) is 2.90. The summed E-state index contributed by atoms with van der Waals surface area (Å²) in [5.74, 6) is -0.137. The van der Waals surface area contributed by atoms with E-state index in [0.29, 0.717) is 23.1 Å². The zero-order chi connectivity index (χ0) is 14.5. The number of carbonyl (C=O) groups is 1. The first-order valence-electron chi connectivity index (χ1n) is 6.08. The lowest BCUT2D eigenvalue weighted by molar-refractivity contribution is 0.0954. The van der Waals surface area contributed by atoms with E-state index in [4.69, 9.17) is 16.3 Å². The second-order valence-electron chi connectivity index (χ2n) is 4.23. The Morgan fingerprint density at radius 2 is 2.20 bits per heavy atom. The Bertz CT molecular complexity index is 613. The van der Waals surface area contributed by atoms with Crippen LogP contribution in [0.5, 0.6) is 0 Å². The first kappa shape index (κ1) is 15.0. The van der Waals surface area contributed by atoms with Crippen LogP contribution >= 0.6 is 22.9 Å². The van der Waals surface area contributed by atoms with Crippen molar-refractivity contribution in [2.24, 2.45) is 0 Å². The summed E-state index contributed by atoms with van der Waals surface area (Å²) in [5, 5.41) is 4.30. The molecule has 4 nitrogen and oxygen atoms in total. The Balaban J connectivity index is 2.03. The maximum atomic E-state index is 12.1. The van der Waals surface area contributed by atoms with Crippen LogP contribution in [0.1, 0.15) is 25.9 Å². The Labute approximate surface area is 126 Å². The van der Waals surface area contributed by atoms with Gasteiger partial charge in [-0.1, -0.05) is 29.8 Å². The molecule has 0 atom stereocenters. The smallest absolute Gasteiger partial charge is 0.263 e. The van der Waals surface area contributed by atoms with E-state index in [1.165, 1.54) is 11.3 Å². The molecule has 0 fully saturated rings. The molecule has 0 saturated carbocycles. The van der Waals surface area contributed by atoms with Crippen LogP contribution in [0.2, 0.25) is 5.02 Å². The zero-order valence-corrected chi connectivity index (χ0v) is 12.8. The number of amides is 1. The molecular formula is C14H15ClN2O2S. The van der Waals surface area contributed by atoms with Crippen molar-refractivity contribution < 1.29 is 9.53 Å². The second kappa shape index (κ2) is 6.83. The van der Waals surface area contributed by atoms with Gasteiger partial charge in [-0.2, -0.15) is 0 Å². The normalized spacial score (nSPS) is 10.6. The summed E-state index contributed by atoms with van der Waals surface area (Å²) in [5.41, 5.74) is 1.61. The van der Waals surface area contributed by atoms with E-state index in [1.54, 1.807) is 13.2 Å². The molecule has 1 aromatic carbocycles. The van der Waals surface area contributed by atoms with Gasteiger partial charge in [0, 0.05) is 18.7 Å². The molecule has 2 rings (SSSR count). The zero-order valence-electron chi connectivity index (χ0n) is 11.3. The summed E-state index contributed by atoms with van der Waals surface area (Å²) >= 11 is 7.40. The average molecular weight is 311 g/mol. The summed E-state index contributed by atoms with van der Waals surface area (Å²) in [6, 6.07) is 7.44. The van der Waals surface area contributed by atoms with Crippen molar-refractivity contribution in [3.8, 4) is 0 Å². The quantitative estimate of drug-likeness (QED) is 0.923. The molecule has 1 heterocycles. The number of thiazole rings is 1. The predicted octanol–water partition coefficient (Wildman–Crippen LogP) is 3.18. The van der Waals surface area contributed by atoms with Crippen LogP contribution in [0.15, 0.2) is 24.3 Å². The van der Waals surface area contributed by atoms with Gasteiger partial charge in [0.1, 0.15) is 9.88 Å². The Kier molecular flexibility index (Phi) is 5.11. The molecule has 0 spiro atoms. The van der Waals surface area contributed by atoms with Gasteiger partial charge in [-0.25, -0.2) is 4.98 Å². The van der Waals surface area contributed by atoms with Crippen LogP contribution in [0, 0.1) is 6.92 Å². The third kappa shape index (κ3) is 3.56. The Hall–Kier alpha value is -1.43. The summed E-state index contributed by atoms with van der Waals surface area (Å²) < 4.78 is 5.02.